The monoisotopic (exact) mass is 500 g/mol. The first-order chi connectivity index (χ1) is 15.9. The molecule has 2 N–H and O–H groups in total. The van der Waals surface area contributed by atoms with Crippen molar-refractivity contribution < 1.29 is 13.2 Å². The third-order valence-corrected chi connectivity index (χ3v) is 8.07. The summed E-state index contributed by atoms with van der Waals surface area (Å²) in [6.07, 6.45) is 0.619. The molecule has 2 aromatic carbocycles. The zero-order chi connectivity index (χ0) is 25.1. The highest BCUT2D eigenvalue weighted by atomic mass is 32.2. The molecule has 0 bridgehead atoms. The van der Waals surface area contributed by atoms with Crippen LogP contribution in [0.1, 0.15) is 52.2 Å². The third-order valence-electron chi connectivity index (χ3n) is 5.73. The second kappa shape index (κ2) is 10.3. The molecule has 0 aliphatic carbocycles. The smallest absolute Gasteiger partial charge is 0.244 e. The van der Waals surface area contributed by atoms with Crippen molar-refractivity contribution >= 4 is 32.4 Å². The minimum absolute atomic E-state index is 0.0894. The predicted octanol–water partition coefficient (Wildman–Crippen LogP) is 5.14. The van der Waals surface area contributed by atoms with Crippen LogP contribution in [-0.4, -0.2) is 30.6 Å². The van der Waals surface area contributed by atoms with Gasteiger partial charge in [-0.2, -0.15) is 4.72 Å². The van der Waals surface area contributed by atoms with Gasteiger partial charge in [-0.25, -0.2) is 8.42 Å². The highest BCUT2D eigenvalue weighted by Gasteiger charge is 2.30. The lowest BCUT2D eigenvalue weighted by atomic mass is 9.87. The van der Waals surface area contributed by atoms with E-state index in [1.165, 1.54) is 11.3 Å². The molecule has 0 radical (unpaired) electrons. The van der Waals surface area contributed by atoms with Crippen molar-refractivity contribution in [2.45, 2.75) is 64.3 Å². The molecule has 34 heavy (non-hydrogen) atoms. The molecule has 3 rings (SSSR count). The first kappa shape index (κ1) is 26.0. The molecule has 1 aromatic heterocycles. The Bertz CT molecular complexity index is 1250. The molecule has 0 unspecified atom stereocenters. The van der Waals surface area contributed by atoms with Crippen molar-refractivity contribution in [2.75, 3.05) is 5.32 Å². The lowest BCUT2D eigenvalue weighted by Gasteiger charge is -2.23. The maximum atomic E-state index is 13.1. The molecule has 0 saturated heterocycles. The summed E-state index contributed by atoms with van der Waals surface area (Å²) in [6, 6.07) is 13.7. The Morgan fingerprint density at radius 3 is 2.35 bits per heavy atom. The Kier molecular flexibility index (Phi) is 7.90. The molecule has 2 atom stereocenters. The summed E-state index contributed by atoms with van der Waals surface area (Å²) in [5.74, 6) is -0.691. The number of aryl methyl sites for hydroxylation is 1. The standard InChI is InChI=1S/C25H32N4O3S2/c1-7-17(3)21(29-34(31,32)20-13-11-19(12-14-20)25(4,5)6)22(30)26-24-28-27-23(33-24)18-10-8-9-16(2)15-18/h8-15,17,21,29H,7H2,1-6H3,(H,26,28,30)/t17-,21-/m0/s1. The van der Waals surface area contributed by atoms with E-state index in [0.29, 0.717) is 16.6 Å². The molecule has 1 amide bonds. The number of nitrogens with one attached hydrogen (secondary N) is 2. The molecule has 0 aliphatic heterocycles. The van der Waals surface area contributed by atoms with Crippen LogP contribution in [-0.2, 0) is 20.2 Å². The van der Waals surface area contributed by atoms with Gasteiger partial charge in [0.2, 0.25) is 21.1 Å². The number of hydrogen-bond donors (Lipinski definition) is 2. The molecule has 0 aliphatic rings. The normalized spacial score (nSPS) is 13.9. The van der Waals surface area contributed by atoms with Crippen molar-refractivity contribution in [3.8, 4) is 10.6 Å². The second-order valence-corrected chi connectivity index (χ2v) is 12.2. The van der Waals surface area contributed by atoms with Crippen LogP contribution in [0.25, 0.3) is 10.6 Å². The van der Waals surface area contributed by atoms with E-state index in [2.05, 4.69) is 41.0 Å². The summed E-state index contributed by atoms with van der Waals surface area (Å²) in [6.45, 7) is 11.9. The van der Waals surface area contributed by atoms with Gasteiger partial charge in [0.15, 0.2) is 0 Å². The topological polar surface area (TPSA) is 101 Å². The third kappa shape index (κ3) is 6.28. The van der Waals surface area contributed by atoms with Gasteiger partial charge in [0.25, 0.3) is 0 Å². The molecule has 1 heterocycles. The van der Waals surface area contributed by atoms with Crippen LogP contribution >= 0.6 is 11.3 Å². The van der Waals surface area contributed by atoms with Crippen molar-refractivity contribution in [1.29, 1.82) is 0 Å². The molecule has 0 saturated carbocycles. The Labute approximate surface area is 206 Å². The molecule has 0 spiro atoms. The SMILES string of the molecule is CC[C@H](C)[C@H](NS(=O)(=O)c1ccc(C(C)(C)C)cc1)C(=O)Nc1nnc(-c2cccc(C)c2)s1. The number of rotatable bonds is 8. The molecular weight excluding hydrogens is 468 g/mol. The molecule has 0 fully saturated rings. The molecule has 182 valence electrons. The summed E-state index contributed by atoms with van der Waals surface area (Å²) in [4.78, 5) is 13.2. The predicted molar refractivity (Wildman–Crippen MR) is 137 cm³/mol. The minimum Gasteiger partial charge on any atom is -0.299 e. The van der Waals surface area contributed by atoms with E-state index in [9.17, 15) is 13.2 Å². The van der Waals surface area contributed by atoms with E-state index >= 15 is 0 Å². The Morgan fingerprint density at radius 2 is 1.76 bits per heavy atom. The van der Waals surface area contributed by atoms with Crippen molar-refractivity contribution in [2.24, 2.45) is 5.92 Å². The fourth-order valence-electron chi connectivity index (χ4n) is 3.38. The highest BCUT2D eigenvalue weighted by Crippen LogP contribution is 2.28. The molecule has 7 nitrogen and oxygen atoms in total. The van der Waals surface area contributed by atoms with E-state index in [0.717, 1.165) is 16.7 Å². The zero-order valence-corrected chi connectivity index (χ0v) is 22.0. The van der Waals surface area contributed by atoms with E-state index < -0.39 is 22.0 Å². The summed E-state index contributed by atoms with van der Waals surface area (Å²) in [5, 5.41) is 12.0. The number of carbonyl (C=O) groups is 1. The zero-order valence-electron chi connectivity index (χ0n) is 20.4. The summed E-state index contributed by atoms with van der Waals surface area (Å²) in [7, 11) is -3.90. The van der Waals surface area contributed by atoms with Crippen LogP contribution in [0.4, 0.5) is 5.13 Å². The van der Waals surface area contributed by atoms with Gasteiger partial charge in [0.05, 0.1) is 4.90 Å². The fraction of sp³-hybridized carbons (Fsp3) is 0.400. The van der Waals surface area contributed by atoms with Gasteiger partial charge in [-0.15, -0.1) is 10.2 Å². The van der Waals surface area contributed by atoms with Crippen LogP contribution in [0.15, 0.2) is 53.4 Å². The molecule has 3 aromatic rings. The number of amides is 1. The van der Waals surface area contributed by atoms with Gasteiger partial charge in [0, 0.05) is 5.56 Å². The number of carbonyl (C=O) groups excluding carboxylic acids is 1. The van der Waals surface area contributed by atoms with Crippen molar-refractivity contribution in [1.82, 2.24) is 14.9 Å². The van der Waals surface area contributed by atoms with Crippen molar-refractivity contribution in [3.63, 3.8) is 0 Å². The lowest BCUT2D eigenvalue weighted by molar-refractivity contribution is -0.118. The number of anilines is 1. The first-order valence-electron chi connectivity index (χ1n) is 11.2. The quantitative estimate of drug-likeness (QED) is 0.446. The average molecular weight is 501 g/mol. The van der Waals surface area contributed by atoms with Crippen molar-refractivity contribution in [3.05, 3.63) is 59.7 Å². The molecule has 9 heteroatoms. The highest BCUT2D eigenvalue weighted by molar-refractivity contribution is 7.89. The number of nitrogens with zero attached hydrogens (tertiary/aromatic N) is 2. The van der Waals surface area contributed by atoms with Gasteiger partial charge in [-0.1, -0.05) is 88.3 Å². The maximum absolute atomic E-state index is 13.1. The first-order valence-corrected chi connectivity index (χ1v) is 13.5. The van der Waals surface area contributed by atoms with E-state index in [1.807, 2.05) is 45.0 Å². The average Bonchev–Trinajstić information content (AvgIpc) is 3.25. The Hall–Kier alpha value is -2.62. The van der Waals surface area contributed by atoms with Crippen LogP contribution in [0.2, 0.25) is 0 Å². The van der Waals surface area contributed by atoms with Gasteiger partial charge in [0.1, 0.15) is 11.0 Å². The largest absolute Gasteiger partial charge is 0.299 e. The maximum Gasteiger partial charge on any atom is 0.244 e. The van der Waals surface area contributed by atoms with Crippen LogP contribution in [0, 0.1) is 12.8 Å². The van der Waals surface area contributed by atoms with Crippen LogP contribution in [0.3, 0.4) is 0 Å². The second-order valence-electron chi connectivity index (χ2n) is 9.53. The van der Waals surface area contributed by atoms with Gasteiger partial charge in [-0.05, 0) is 42.0 Å². The summed E-state index contributed by atoms with van der Waals surface area (Å²) < 4.78 is 28.8. The van der Waals surface area contributed by atoms with E-state index in [4.69, 9.17) is 0 Å². The van der Waals surface area contributed by atoms with E-state index in [1.54, 1.807) is 24.3 Å². The van der Waals surface area contributed by atoms with Gasteiger partial charge < -0.3 is 0 Å². The minimum atomic E-state index is -3.90. The Balaban J connectivity index is 1.78. The lowest BCUT2D eigenvalue weighted by Crippen LogP contribution is -2.47. The number of hydrogen-bond acceptors (Lipinski definition) is 6. The summed E-state index contributed by atoms with van der Waals surface area (Å²) >= 11 is 1.25. The van der Waals surface area contributed by atoms with Crippen LogP contribution in [0.5, 0.6) is 0 Å². The fourth-order valence-corrected chi connectivity index (χ4v) is 5.43. The molecular formula is C25H32N4O3S2. The Morgan fingerprint density at radius 1 is 1.09 bits per heavy atom. The van der Waals surface area contributed by atoms with E-state index in [-0.39, 0.29) is 16.2 Å². The number of benzene rings is 2. The summed E-state index contributed by atoms with van der Waals surface area (Å²) in [5.41, 5.74) is 2.95. The number of sulfonamides is 1. The van der Waals surface area contributed by atoms with Gasteiger partial charge in [-0.3, -0.25) is 10.1 Å². The van der Waals surface area contributed by atoms with Crippen LogP contribution < -0.4 is 10.0 Å². The van der Waals surface area contributed by atoms with Gasteiger partial charge >= 0.3 is 0 Å². The number of aromatic nitrogens is 2.